The van der Waals surface area contributed by atoms with Gasteiger partial charge in [0.25, 0.3) is 5.91 Å². The van der Waals surface area contributed by atoms with E-state index in [1.54, 1.807) is 17.5 Å². The minimum atomic E-state index is -0.531. The predicted molar refractivity (Wildman–Crippen MR) is 85.5 cm³/mol. The van der Waals surface area contributed by atoms with Crippen molar-refractivity contribution in [2.45, 2.75) is 6.42 Å². The molecule has 122 valence electrons. The molecule has 8 heteroatoms. The maximum Gasteiger partial charge on any atom is 0.289 e. The lowest BCUT2D eigenvalue weighted by molar-refractivity contribution is -0.121. The van der Waals surface area contributed by atoms with Gasteiger partial charge in [0, 0.05) is 5.38 Å². The molecule has 0 atom stereocenters. The highest BCUT2D eigenvalue weighted by Gasteiger charge is 2.14. The number of amides is 2. The number of halogens is 1. The number of benzene rings is 1. The Morgan fingerprint density at radius 2 is 1.96 bits per heavy atom. The van der Waals surface area contributed by atoms with Crippen molar-refractivity contribution in [3.63, 3.8) is 0 Å². The monoisotopic (exact) mass is 345 g/mol. The van der Waals surface area contributed by atoms with Crippen LogP contribution in [0.3, 0.4) is 0 Å². The topological polar surface area (TPSA) is 84.2 Å². The number of nitrogens with zero attached hydrogens (tertiary/aromatic N) is 1. The second kappa shape index (κ2) is 7.05. The lowest BCUT2D eigenvalue weighted by Crippen LogP contribution is -2.42. The van der Waals surface area contributed by atoms with Gasteiger partial charge in [-0.2, -0.15) is 0 Å². The van der Waals surface area contributed by atoms with Crippen molar-refractivity contribution in [2.75, 3.05) is 0 Å². The third-order valence-electron chi connectivity index (χ3n) is 3.06. The summed E-state index contributed by atoms with van der Waals surface area (Å²) in [6, 6.07) is 9.02. The quantitative estimate of drug-likeness (QED) is 0.712. The molecule has 0 aliphatic carbocycles. The second-order valence-corrected chi connectivity index (χ2v) is 5.68. The van der Waals surface area contributed by atoms with Crippen molar-refractivity contribution < 1.29 is 18.4 Å². The van der Waals surface area contributed by atoms with Crippen molar-refractivity contribution in [2.24, 2.45) is 0 Å². The molecule has 0 aliphatic heterocycles. The van der Waals surface area contributed by atoms with Crippen molar-refractivity contribution in [1.29, 1.82) is 0 Å². The Kier molecular flexibility index (Phi) is 4.66. The zero-order chi connectivity index (χ0) is 16.9. The molecule has 6 nitrogen and oxygen atoms in total. The van der Waals surface area contributed by atoms with Gasteiger partial charge in [-0.15, -0.1) is 11.3 Å². The molecule has 3 rings (SSSR count). The van der Waals surface area contributed by atoms with Crippen LogP contribution in [0.25, 0.3) is 10.8 Å². The summed E-state index contributed by atoms with van der Waals surface area (Å²) >= 11 is 1.26. The number of hydrogen-bond acceptors (Lipinski definition) is 5. The SMILES string of the molecule is O=C(Cc1ccc(F)cc1)NNC(=O)c1csc(-c2ccco2)n1. The van der Waals surface area contributed by atoms with E-state index in [1.807, 2.05) is 0 Å². The number of carbonyl (C=O) groups is 2. The largest absolute Gasteiger partial charge is 0.462 e. The van der Waals surface area contributed by atoms with Gasteiger partial charge in [0.2, 0.25) is 5.91 Å². The summed E-state index contributed by atoms with van der Waals surface area (Å²) in [6.07, 6.45) is 1.54. The molecular formula is C16H12FN3O3S. The molecule has 3 aromatic rings. The number of furan rings is 1. The van der Waals surface area contributed by atoms with E-state index < -0.39 is 11.8 Å². The molecule has 1 aromatic carbocycles. The van der Waals surface area contributed by atoms with Gasteiger partial charge in [0.1, 0.15) is 11.5 Å². The summed E-state index contributed by atoms with van der Waals surface area (Å²) in [6.45, 7) is 0. The molecule has 0 spiro atoms. The van der Waals surface area contributed by atoms with Gasteiger partial charge < -0.3 is 4.42 Å². The molecule has 2 N–H and O–H groups in total. The average Bonchev–Trinajstić information content (AvgIpc) is 3.25. The van der Waals surface area contributed by atoms with Crippen LogP contribution in [0, 0.1) is 5.82 Å². The van der Waals surface area contributed by atoms with Gasteiger partial charge in [-0.3, -0.25) is 20.4 Å². The summed E-state index contributed by atoms with van der Waals surface area (Å²) in [7, 11) is 0. The molecule has 24 heavy (non-hydrogen) atoms. The molecule has 0 saturated carbocycles. The third kappa shape index (κ3) is 3.85. The Hall–Kier alpha value is -3.00. The molecule has 0 saturated heterocycles. The number of nitrogens with one attached hydrogen (secondary N) is 2. The van der Waals surface area contributed by atoms with Crippen molar-refractivity contribution in [3.8, 4) is 10.8 Å². The lowest BCUT2D eigenvalue weighted by atomic mass is 10.1. The van der Waals surface area contributed by atoms with Gasteiger partial charge in [-0.25, -0.2) is 9.37 Å². The number of hydrazine groups is 1. The van der Waals surface area contributed by atoms with E-state index >= 15 is 0 Å². The van der Waals surface area contributed by atoms with E-state index in [0.717, 1.165) is 0 Å². The standard InChI is InChI=1S/C16H12FN3O3S/c17-11-5-3-10(4-6-11)8-14(21)19-20-15(22)12-9-24-16(18-12)13-2-1-7-23-13/h1-7,9H,8H2,(H,19,21)(H,20,22). The first kappa shape index (κ1) is 15.9. The Labute approximate surface area is 140 Å². The van der Waals surface area contributed by atoms with Crippen LogP contribution in [0.15, 0.2) is 52.5 Å². The fourth-order valence-corrected chi connectivity index (χ4v) is 2.68. The first-order chi connectivity index (χ1) is 11.6. The van der Waals surface area contributed by atoms with Crippen LogP contribution in [0.2, 0.25) is 0 Å². The van der Waals surface area contributed by atoms with Gasteiger partial charge in [0.05, 0.1) is 12.7 Å². The second-order valence-electron chi connectivity index (χ2n) is 4.82. The van der Waals surface area contributed by atoms with E-state index in [-0.39, 0.29) is 17.9 Å². The van der Waals surface area contributed by atoms with Crippen molar-refractivity contribution in [3.05, 3.63) is 65.1 Å². The molecule has 0 aliphatic rings. The van der Waals surface area contributed by atoms with E-state index in [2.05, 4.69) is 15.8 Å². The maximum absolute atomic E-state index is 12.8. The molecule has 0 radical (unpaired) electrons. The van der Waals surface area contributed by atoms with Crippen molar-refractivity contribution in [1.82, 2.24) is 15.8 Å². The number of rotatable bonds is 4. The molecule has 2 heterocycles. The van der Waals surface area contributed by atoms with Crippen molar-refractivity contribution >= 4 is 23.2 Å². The Morgan fingerprint density at radius 1 is 1.17 bits per heavy atom. The van der Waals surface area contributed by atoms with Gasteiger partial charge in [-0.1, -0.05) is 12.1 Å². The Morgan fingerprint density at radius 3 is 2.67 bits per heavy atom. The number of hydrogen-bond donors (Lipinski definition) is 2. The van der Waals surface area contributed by atoms with Crippen LogP contribution < -0.4 is 10.9 Å². The minimum absolute atomic E-state index is 0.0231. The zero-order valence-electron chi connectivity index (χ0n) is 12.3. The lowest BCUT2D eigenvalue weighted by Gasteiger charge is -2.06. The summed E-state index contributed by atoms with van der Waals surface area (Å²) in [4.78, 5) is 27.9. The van der Waals surface area contributed by atoms with Crippen LogP contribution in [-0.4, -0.2) is 16.8 Å². The highest BCUT2D eigenvalue weighted by Crippen LogP contribution is 2.23. The first-order valence-corrected chi connectivity index (χ1v) is 7.83. The van der Waals surface area contributed by atoms with E-state index in [1.165, 1.54) is 41.9 Å². The summed E-state index contributed by atoms with van der Waals surface area (Å²) in [5.41, 5.74) is 5.40. The van der Waals surface area contributed by atoms with Crippen LogP contribution in [0.4, 0.5) is 4.39 Å². The molecule has 0 fully saturated rings. The molecule has 2 amide bonds. The van der Waals surface area contributed by atoms with Crippen LogP contribution in [-0.2, 0) is 11.2 Å². The predicted octanol–water partition coefficient (Wildman–Crippen LogP) is 2.55. The summed E-state index contributed by atoms with van der Waals surface area (Å²) in [5.74, 6) is -0.754. The Bertz CT molecular complexity index is 844. The first-order valence-electron chi connectivity index (χ1n) is 6.95. The van der Waals surface area contributed by atoms with E-state index in [9.17, 15) is 14.0 Å². The van der Waals surface area contributed by atoms with Crippen LogP contribution in [0.1, 0.15) is 16.1 Å². The normalized spacial score (nSPS) is 10.4. The fourth-order valence-electron chi connectivity index (χ4n) is 1.91. The van der Waals surface area contributed by atoms with E-state index in [4.69, 9.17) is 4.42 Å². The van der Waals surface area contributed by atoms with Gasteiger partial charge in [-0.05, 0) is 29.8 Å². The fraction of sp³-hybridized carbons (Fsp3) is 0.0625. The molecule has 0 bridgehead atoms. The molecule has 2 aromatic heterocycles. The van der Waals surface area contributed by atoms with Gasteiger partial charge >= 0.3 is 0 Å². The smallest absolute Gasteiger partial charge is 0.289 e. The minimum Gasteiger partial charge on any atom is -0.462 e. The maximum atomic E-state index is 12.8. The molecular weight excluding hydrogens is 333 g/mol. The highest BCUT2D eigenvalue weighted by atomic mass is 32.1. The number of carbonyl (C=O) groups excluding carboxylic acids is 2. The summed E-state index contributed by atoms with van der Waals surface area (Å²) in [5, 5.41) is 2.14. The Balaban J connectivity index is 1.53. The van der Waals surface area contributed by atoms with Gasteiger partial charge in [0.15, 0.2) is 10.8 Å². The summed E-state index contributed by atoms with van der Waals surface area (Å²) < 4.78 is 18.0. The third-order valence-corrected chi connectivity index (χ3v) is 3.92. The van der Waals surface area contributed by atoms with Crippen LogP contribution >= 0.6 is 11.3 Å². The zero-order valence-corrected chi connectivity index (χ0v) is 13.1. The van der Waals surface area contributed by atoms with E-state index in [0.29, 0.717) is 16.3 Å². The van der Waals surface area contributed by atoms with Crippen LogP contribution in [0.5, 0.6) is 0 Å². The number of aromatic nitrogens is 1. The number of thiazole rings is 1. The molecule has 0 unspecified atom stereocenters. The average molecular weight is 345 g/mol. The highest BCUT2D eigenvalue weighted by molar-refractivity contribution is 7.13.